The minimum absolute atomic E-state index is 0.0710. The van der Waals surface area contributed by atoms with E-state index in [0.29, 0.717) is 5.82 Å². The number of nitrogens with zero attached hydrogens (tertiary/aromatic N) is 4. The Bertz CT molecular complexity index is 1180. The third kappa shape index (κ3) is 5.05. The largest absolute Gasteiger partial charge is 0.337 e. The van der Waals surface area contributed by atoms with Crippen molar-refractivity contribution in [2.45, 2.75) is 19.5 Å². The Morgan fingerprint density at radius 3 is 2.42 bits per heavy atom. The molecule has 0 bridgehead atoms. The lowest BCUT2D eigenvalue weighted by atomic mass is 10.2. The van der Waals surface area contributed by atoms with Gasteiger partial charge in [0.2, 0.25) is 27.6 Å². The van der Waals surface area contributed by atoms with Gasteiger partial charge in [-0.05, 0) is 19.1 Å². The Morgan fingerprint density at radius 2 is 1.81 bits per heavy atom. The van der Waals surface area contributed by atoms with E-state index in [1.54, 1.807) is 12.1 Å². The summed E-state index contributed by atoms with van der Waals surface area (Å²) in [6.07, 6.45) is 0.877. The zero-order valence-corrected chi connectivity index (χ0v) is 17.8. The molecule has 31 heavy (non-hydrogen) atoms. The second-order valence-corrected chi connectivity index (χ2v) is 8.76. The van der Waals surface area contributed by atoms with Crippen LogP contribution in [0, 0.1) is 11.6 Å². The third-order valence-corrected chi connectivity index (χ3v) is 5.71. The number of aromatic nitrogens is 2. The van der Waals surface area contributed by atoms with Crippen molar-refractivity contribution >= 4 is 21.6 Å². The van der Waals surface area contributed by atoms with Gasteiger partial charge in [0.25, 0.3) is 0 Å². The molecule has 0 saturated heterocycles. The molecule has 0 aliphatic heterocycles. The number of benzene rings is 2. The van der Waals surface area contributed by atoms with E-state index < -0.39 is 33.6 Å². The number of carbonyl (C=O) groups excluding carboxylic acids is 1. The number of likely N-dealkylation sites (N-methyl/N-ethyl adjacent to an activating group) is 1. The van der Waals surface area contributed by atoms with Crippen LogP contribution in [0.2, 0.25) is 0 Å². The number of sulfonamides is 1. The molecule has 2 aromatic carbocycles. The first-order valence-electron chi connectivity index (χ1n) is 9.15. The number of hydrogen-bond acceptors (Lipinski definition) is 6. The Hall–Kier alpha value is -3.34. The zero-order valence-electron chi connectivity index (χ0n) is 17.0. The Balaban J connectivity index is 1.79. The van der Waals surface area contributed by atoms with E-state index in [0.717, 1.165) is 34.3 Å². The molecule has 0 saturated carbocycles. The highest BCUT2D eigenvalue weighted by Gasteiger charge is 2.32. The fraction of sp³-hybridized carbons (Fsp3) is 0.250. The van der Waals surface area contributed by atoms with Crippen molar-refractivity contribution in [2.24, 2.45) is 0 Å². The first kappa shape index (κ1) is 22.3. The molecule has 0 aliphatic rings. The van der Waals surface area contributed by atoms with Crippen molar-refractivity contribution in [2.75, 3.05) is 17.6 Å². The molecule has 0 radical (unpaired) electrons. The van der Waals surface area contributed by atoms with Crippen LogP contribution in [0.4, 0.5) is 14.5 Å². The normalized spacial score (nSPS) is 12.4. The monoisotopic (exact) mass is 450 g/mol. The van der Waals surface area contributed by atoms with Gasteiger partial charge in [-0.2, -0.15) is 4.98 Å². The van der Waals surface area contributed by atoms with Gasteiger partial charge in [0.15, 0.2) is 11.6 Å². The average Bonchev–Trinajstić information content (AvgIpc) is 3.18. The van der Waals surface area contributed by atoms with Crippen molar-refractivity contribution < 1.29 is 26.5 Å². The summed E-state index contributed by atoms with van der Waals surface area (Å²) in [6, 6.07) is 10.5. The highest BCUT2D eigenvalue weighted by Crippen LogP contribution is 2.24. The van der Waals surface area contributed by atoms with Crippen LogP contribution in [0.3, 0.4) is 0 Å². The lowest BCUT2D eigenvalue weighted by Crippen LogP contribution is -2.48. The minimum Gasteiger partial charge on any atom is -0.337 e. The van der Waals surface area contributed by atoms with Crippen LogP contribution in [-0.2, 0) is 21.4 Å². The van der Waals surface area contributed by atoms with Crippen molar-refractivity contribution in [3.63, 3.8) is 0 Å². The summed E-state index contributed by atoms with van der Waals surface area (Å²) < 4.78 is 57.5. The predicted molar refractivity (Wildman–Crippen MR) is 109 cm³/mol. The number of amides is 1. The molecule has 3 rings (SSSR count). The van der Waals surface area contributed by atoms with Crippen LogP contribution < -0.4 is 4.31 Å². The summed E-state index contributed by atoms with van der Waals surface area (Å²) in [6.45, 7) is 1.28. The Labute approximate surface area is 178 Å². The van der Waals surface area contributed by atoms with Crippen LogP contribution in [-0.4, -0.2) is 48.7 Å². The van der Waals surface area contributed by atoms with Crippen LogP contribution in [0.1, 0.15) is 12.8 Å². The summed E-state index contributed by atoms with van der Waals surface area (Å²) in [7, 11) is -2.54. The third-order valence-electron chi connectivity index (χ3n) is 4.47. The van der Waals surface area contributed by atoms with E-state index in [2.05, 4.69) is 10.1 Å². The lowest BCUT2D eigenvalue weighted by molar-refractivity contribution is -0.131. The summed E-state index contributed by atoms with van der Waals surface area (Å²) in [5.41, 5.74) is 0.571. The number of rotatable bonds is 7. The van der Waals surface area contributed by atoms with Crippen molar-refractivity contribution in [3.05, 3.63) is 66.1 Å². The van der Waals surface area contributed by atoms with E-state index in [1.807, 2.05) is 18.2 Å². The standard InChI is InChI=1S/C20H20F2N4O4S/c1-13(26(31(3,28)29)15-9-10-16(21)17(22)11-15)20(27)25(2)12-18-23-19(24-30-18)14-7-5-4-6-8-14/h4-11,13H,12H2,1-3H3/t13-/m1/s1. The van der Waals surface area contributed by atoms with E-state index in [4.69, 9.17) is 4.52 Å². The van der Waals surface area contributed by atoms with Crippen LogP contribution in [0.5, 0.6) is 0 Å². The van der Waals surface area contributed by atoms with Gasteiger partial charge in [0.05, 0.1) is 18.5 Å². The lowest BCUT2D eigenvalue weighted by Gasteiger charge is -2.30. The molecule has 0 N–H and O–H groups in total. The molecule has 3 aromatic rings. The fourth-order valence-corrected chi connectivity index (χ4v) is 4.21. The number of anilines is 1. The van der Waals surface area contributed by atoms with Gasteiger partial charge in [-0.25, -0.2) is 17.2 Å². The van der Waals surface area contributed by atoms with Crippen molar-refractivity contribution in [1.29, 1.82) is 0 Å². The van der Waals surface area contributed by atoms with Crippen LogP contribution in [0.15, 0.2) is 53.1 Å². The van der Waals surface area contributed by atoms with Gasteiger partial charge in [-0.1, -0.05) is 35.5 Å². The molecule has 1 aromatic heterocycles. The molecule has 1 heterocycles. The summed E-state index contributed by atoms with van der Waals surface area (Å²) in [4.78, 5) is 18.4. The van der Waals surface area contributed by atoms with Crippen LogP contribution >= 0.6 is 0 Å². The van der Waals surface area contributed by atoms with Gasteiger partial charge >= 0.3 is 0 Å². The minimum atomic E-state index is -3.98. The smallest absolute Gasteiger partial charge is 0.246 e. The molecule has 0 unspecified atom stereocenters. The first-order chi connectivity index (χ1) is 14.6. The second-order valence-electron chi connectivity index (χ2n) is 6.91. The molecule has 1 atom stereocenters. The summed E-state index contributed by atoms with van der Waals surface area (Å²) >= 11 is 0. The number of carbonyl (C=O) groups is 1. The Morgan fingerprint density at radius 1 is 1.13 bits per heavy atom. The molecular weight excluding hydrogens is 430 g/mol. The average molecular weight is 450 g/mol. The van der Waals surface area contributed by atoms with E-state index in [9.17, 15) is 22.0 Å². The van der Waals surface area contributed by atoms with E-state index in [1.165, 1.54) is 18.9 Å². The maximum atomic E-state index is 13.7. The van der Waals surface area contributed by atoms with Crippen molar-refractivity contribution in [3.8, 4) is 11.4 Å². The van der Waals surface area contributed by atoms with Gasteiger partial charge in [0, 0.05) is 18.7 Å². The molecule has 0 aliphatic carbocycles. The molecule has 8 nitrogen and oxygen atoms in total. The van der Waals surface area contributed by atoms with Gasteiger partial charge < -0.3 is 9.42 Å². The number of hydrogen-bond donors (Lipinski definition) is 0. The highest BCUT2D eigenvalue weighted by atomic mass is 32.2. The summed E-state index contributed by atoms with van der Waals surface area (Å²) in [5.74, 6) is -2.45. The molecule has 0 spiro atoms. The van der Waals surface area contributed by atoms with E-state index >= 15 is 0 Å². The molecule has 0 fully saturated rings. The van der Waals surface area contributed by atoms with Crippen molar-refractivity contribution in [1.82, 2.24) is 15.0 Å². The topological polar surface area (TPSA) is 96.6 Å². The molecule has 11 heteroatoms. The Kier molecular flexibility index (Phi) is 6.34. The first-order valence-corrected chi connectivity index (χ1v) is 11.0. The van der Waals surface area contributed by atoms with Gasteiger partial charge in [-0.15, -0.1) is 0 Å². The highest BCUT2D eigenvalue weighted by molar-refractivity contribution is 7.92. The van der Waals surface area contributed by atoms with Crippen LogP contribution in [0.25, 0.3) is 11.4 Å². The molecular formula is C20H20F2N4O4S. The van der Waals surface area contributed by atoms with E-state index in [-0.39, 0.29) is 18.1 Å². The maximum absolute atomic E-state index is 13.7. The fourth-order valence-electron chi connectivity index (χ4n) is 3.05. The second kappa shape index (κ2) is 8.80. The predicted octanol–water partition coefficient (Wildman–Crippen LogP) is 2.83. The number of halogens is 2. The van der Waals surface area contributed by atoms with Gasteiger partial charge in [0.1, 0.15) is 6.04 Å². The zero-order chi connectivity index (χ0) is 22.8. The quantitative estimate of drug-likeness (QED) is 0.549. The van der Waals surface area contributed by atoms with Gasteiger partial charge in [-0.3, -0.25) is 9.10 Å². The summed E-state index contributed by atoms with van der Waals surface area (Å²) in [5, 5.41) is 3.88. The molecule has 164 valence electrons. The maximum Gasteiger partial charge on any atom is 0.246 e. The molecule has 1 amide bonds. The SMILES string of the molecule is C[C@H](C(=O)N(C)Cc1nc(-c2ccccc2)no1)N(c1ccc(F)c(F)c1)S(C)(=O)=O.